The van der Waals surface area contributed by atoms with Gasteiger partial charge in [-0.25, -0.2) is 0 Å². The summed E-state index contributed by atoms with van der Waals surface area (Å²) >= 11 is 2.02. The van der Waals surface area contributed by atoms with Crippen molar-refractivity contribution in [2.24, 2.45) is 0 Å². The minimum absolute atomic E-state index is 0.0511. The van der Waals surface area contributed by atoms with Crippen LogP contribution in [-0.2, 0) is 0 Å². The Morgan fingerprint density at radius 1 is 1.37 bits per heavy atom. The molecule has 3 N–H and O–H groups in total. The van der Waals surface area contributed by atoms with Crippen molar-refractivity contribution in [3.63, 3.8) is 0 Å². The van der Waals surface area contributed by atoms with Crippen LogP contribution in [0.4, 0.5) is 0 Å². The lowest BCUT2D eigenvalue weighted by Gasteiger charge is -2.25. The van der Waals surface area contributed by atoms with E-state index < -0.39 is 0 Å². The fourth-order valence-corrected chi connectivity index (χ4v) is 4.04. The molecule has 0 aliphatic heterocycles. The third kappa shape index (κ3) is 3.57. The Labute approximate surface area is 119 Å². The third-order valence-electron chi connectivity index (χ3n) is 3.77. The highest BCUT2D eigenvalue weighted by atomic mass is 32.2. The van der Waals surface area contributed by atoms with Crippen molar-refractivity contribution in [3.8, 4) is 11.5 Å². The topological polar surface area (TPSA) is 52.5 Å². The Bertz CT molecular complexity index is 425. The molecule has 0 heterocycles. The Morgan fingerprint density at radius 3 is 2.89 bits per heavy atom. The molecule has 0 aromatic heterocycles. The second-order valence-corrected chi connectivity index (χ2v) is 6.68. The zero-order chi connectivity index (χ0) is 13.8. The van der Waals surface area contributed by atoms with E-state index in [1.165, 1.54) is 25.3 Å². The zero-order valence-corrected chi connectivity index (χ0v) is 12.4. The number of benzene rings is 1. The van der Waals surface area contributed by atoms with Gasteiger partial charge in [-0.1, -0.05) is 13.3 Å². The summed E-state index contributed by atoms with van der Waals surface area (Å²) < 4.78 is 0. The first-order chi connectivity index (χ1) is 9.11. The number of thioether (sulfide) groups is 1. The van der Waals surface area contributed by atoms with Gasteiger partial charge in [0.1, 0.15) is 11.5 Å². The van der Waals surface area contributed by atoms with Crippen molar-refractivity contribution in [1.29, 1.82) is 0 Å². The fraction of sp³-hybridized carbons (Fsp3) is 0.600. The minimum Gasteiger partial charge on any atom is -0.508 e. The van der Waals surface area contributed by atoms with Gasteiger partial charge >= 0.3 is 0 Å². The lowest BCUT2D eigenvalue weighted by atomic mass is 10.1. The number of phenolic OH excluding ortho intramolecular Hbond substituents is 2. The molecule has 4 heteroatoms. The highest BCUT2D eigenvalue weighted by Gasteiger charge is 2.28. The van der Waals surface area contributed by atoms with Crippen LogP contribution in [-0.4, -0.2) is 27.3 Å². The van der Waals surface area contributed by atoms with Gasteiger partial charge in [-0.3, -0.25) is 0 Å². The third-order valence-corrected chi connectivity index (χ3v) is 5.10. The quantitative estimate of drug-likeness (QED) is 0.724. The van der Waals surface area contributed by atoms with Gasteiger partial charge in [0, 0.05) is 22.9 Å². The standard InChI is InChI=1S/C15H23NO2S/c1-3-19-15-6-4-5-13(15)16-10(2)12-9-11(17)7-8-14(12)18/h7-10,13,15-18H,3-6H2,1-2H3. The highest BCUT2D eigenvalue weighted by molar-refractivity contribution is 7.99. The van der Waals surface area contributed by atoms with Crippen LogP contribution in [0, 0.1) is 0 Å². The molecular formula is C15H23NO2S. The van der Waals surface area contributed by atoms with E-state index in [-0.39, 0.29) is 17.5 Å². The van der Waals surface area contributed by atoms with Crippen LogP contribution in [0.1, 0.15) is 44.7 Å². The second-order valence-electron chi connectivity index (χ2n) is 5.16. The van der Waals surface area contributed by atoms with E-state index in [1.54, 1.807) is 12.1 Å². The average molecular weight is 281 g/mol. The number of aromatic hydroxyl groups is 2. The van der Waals surface area contributed by atoms with Crippen LogP contribution < -0.4 is 5.32 Å². The molecule has 1 fully saturated rings. The van der Waals surface area contributed by atoms with Gasteiger partial charge in [0.05, 0.1) is 0 Å². The molecule has 1 aliphatic rings. The smallest absolute Gasteiger partial charge is 0.120 e. The number of nitrogens with one attached hydrogen (secondary N) is 1. The van der Waals surface area contributed by atoms with Crippen LogP contribution in [0.15, 0.2) is 18.2 Å². The maximum atomic E-state index is 9.89. The van der Waals surface area contributed by atoms with Crippen LogP contribution in [0.5, 0.6) is 11.5 Å². The molecule has 1 saturated carbocycles. The van der Waals surface area contributed by atoms with Gasteiger partial charge < -0.3 is 15.5 Å². The van der Waals surface area contributed by atoms with Gasteiger partial charge in [-0.15, -0.1) is 0 Å². The number of hydrogen-bond donors (Lipinski definition) is 3. The molecule has 0 spiro atoms. The van der Waals surface area contributed by atoms with Crippen LogP contribution in [0.2, 0.25) is 0 Å². The summed E-state index contributed by atoms with van der Waals surface area (Å²) in [6.07, 6.45) is 3.74. The normalized spacial score (nSPS) is 24.5. The predicted octanol–water partition coefficient (Wildman–Crippen LogP) is 3.42. The molecule has 3 atom stereocenters. The van der Waals surface area contributed by atoms with Gasteiger partial charge in [0.25, 0.3) is 0 Å². The molecular weight excluding hydrogens is 258 g/mol. The maximum Gasteiger partial charge on any atom is 0.120 e. The van der Waals surface area contributed by atoms with E-state index in [1.807, 2.05) is 18.7 Å². The van der Waals surface area contributed by atoms with Crippen LogP contribution in [0.3, 0.4) is 0 Å². The summed E-state index contributed by atoms with van der Waals surface area (Å²) in [5.41, 5.74) is 0.771. The minimum atomic E-state index is 0.0511. The van der Waals surface area contributed by atoms with Crippen LogP contribution in [0.25, 0.3) is 0 Å². The Morgan fingerprint density at radius 2 is 2.16 bits per heavy atom. The van der Waals surface area contributed by atoms with Crippen molar-refractivity contribution in [2.45, 2.75) is 50.4 Å². The maximum absolute atomic E-state index is 9.89. The SMILES string of the molecule is CCSC1CCCC1NC(C)c1cc(O)ccc1O. The van der Waals surface area contributed by atoms with E-state index in [4.69, 9.17) is 0 Å². The lowest BCUT2D eigenvalue weighted by Crippen LogP contribution is -2.36. The van der Waals surface area contributed by atoms with Crippen molar-refractivity contribution in [3.05, 3.63) is 23.8 Å². The molecule has 106 valence electrons. The number of phenols is 2. The van der Waals surface area contributed by atoms with Crippen molar-refractivity contribution >= 4 is 11.8 Å². The molecule has 0 radical (unpaired) electrons. The van der Waals surface area contributed by atoms with Gasteiger partial charge in [0.2, 0.25) is 0 Å². The summed E-state index contributed by atoms with van der Waals surface area (Å²) in [6, 6.07) is 5.26. The molecule has 0 bridgehead atoms. The molecule has 0 amide bonds. The Hall–Kier alpha value is -0.870. The molecule has 3 nitrogen and oxygen atoms in total. The molecule has 19 heavy (non-hydrogen) atoms. The Balaban J connectivity index is 2.03. The average Bonchev–Trinajstić information content (AvgIpc) is 2.80. The van der Waals surface area contributed by atoms with Gasteiger partial charge in [-0.05, 0) is 43.7 Å². The van der Waals surface area contributed by atoms with Crippen molar-refractivity contribution in [1.82, 2.24) is 5.32 Å². The van der Waals surface area contributed by atoms with Gasteiger partial charge in [-0.2, -0.15) is 11.8 Å². The Kier molecular flexibility index (Phi) is 4.99. The van der Waals surface area contributed by atoms with E-state index in [9.17, 15) is 10.2 Å². The molecule has 3 unspecified atom stereocenters. The number of hydrogen-bond acceptors (Lipinski definition) is 4. The molecule has 2 rings (SSSR count). The lowest BCUT2D eigenvalue weighted by molar-refractivity contribution is 0.422. The summed E-state index contributed by atoms with van der Waals surface area (Å²) in [7, 11) is 0. The first kappa shape index (κ1) is 14.5. The monoisotopic (exact) mass is 281 g/mol. The van der Waals surface area contributed by atoms with Crippen LogP contribution >= 0.6 is 11.8 Å². The summed E-state index contributed by atoms with van der Waals surface area (Å²) in [6.45, 7) is 4.24. The summed E-state index contributed by atoms with van der Waals surface area (Å²) in [5, 5.41) is 23.7. The predicted molar refractivity (Wildman–Crippen MR) is 80.9 cm³/mol. The fourth-order valence-electron chi connectivity index (χ4n) is 2.83. The van der Waals surface area contributed by atoms with Gasteiger partial charge in [0.15, 0.2) is 0 Å². The van der Waals surface area contributed by atoms with E-state index in [2.05, 4.69) is 12.2 Å². The zero-order valence-electron chi connectivity index (χ0n) is 11.6. The van der Waals surface area contributed by atoms with Crippen molar-refractivity contribution < 1.29 is 10.2 Å². The molecule has 1 aliphatic carbocycles. The molecule has 1 aromatic rings. The summed E-state index contributed by atoms with van der Waals surface area (Å²) in [4.78, 5) is 0. The molecule has 1 aromatic carbocycles. The first-order valence-corrected chi connectivity index (χ1v) is 8.06. The molecule has 0 saturated heterocycles. The summed E-state index contributed by atoms with van der Waals surface area (Å²) in [5.74, 6) is 1.59. The van der Waals surface area contributed by atoms with Crippen molar-refractivity contribution in [2.75, 3.05) is 5.75 Å². The largest absolute Gasteiger partial charge is 0.508 e. The van der Waals surface area contributed by atoms with E-state index >= 15 is 0 Å². The number of rotatable bonds is 5. The first-order valence-electron chi connectivity index (χ1n) is 7.01. The second kappa shape index (κ2) is 6.53. The highest BCUT2D eigenvalue weighted by Crippen LogP contribution is 2.33. The van der Waals surface area contributed by atoms with E-state index in [0.717, 1.165) is 11.3 Å². The van der Waals surface area contributed by atoms with E-state index in [0.29, 0.717) is 11.3 Å².